The summed E-state index contributed by atoms with van der Waals surface area (Å²) in [5, 5.41) is 6.85. The van der Waals surface area contributed by atoms with Gasteiger partial charge in [0.2, 0.25) is 0 Å². The van der Waals surface area contributed by atoms with Gasteiger partial charge in [0, 0.05) is 26.2 Å². The van der Waals surface area contributed by atoms with Gasteiger partial charge in [-0.25, -0.2) is 0 Å². The van der Waals surface area contributed by atoms with Crippen LogP contribution in [0.1, 0.15) is 25.7 Å². The van der Waals surface area contributed by atoms with Gasteiger partial charge in [-0.3, -0.25) is 4.99 Å². The number of aliphatic imine (C=N–C) groups is 1. The van der Waals surface area contributed by atoms with E-state index in [-0.39, 0.29) is 24.0 Å². The SMILES string of the molecule is CN=C(NCCCCSC)NCC(C1CC1)N(C)C.I. The lowest BCUT2D eigenvalue weighted by atomic mass is 10.1. The molecule has 6 heteroatoms. The van der Waals surface area contributed by atoms with Gasteiger partial charge in [0.25, 0.3) is 0 Å². The number of nitrogens with one attached hydrogen (secondary N) is 2. The second kappa shape index (κ2) is 11.9. The van der Waals surface area contributed by atoms with Crippen LogP contribution in [0.15, 0.2) is 4.99 Å². The first-order valence-corrected chi connectivity index (χ1v) is 8.68. The highest BCUT2D eigenvalue weighted by atomic mass is 127. The van der Waals surface area contributed by atoms with Gasteiger partial charge in [-0.15, -0.1) is 24.0 Å². The van der Waals surface area contributed by atoms with Crippen LogP contribution in [-0.4, -0.2) is 63.1 Å². The van der Waals surface area contributed by atoms with Crippen molar-refractivity contribution in [1.82, 2.24) is 15.5 Å². The van der Waals surface area contributed by atoms with E-state index in [1.165, 1.54) is 31.4 Å². The van der Waals surface area contributed by atoms with Gasteiger partial charge < -0.3 is 15.5 Å². The third-order valence-corrected chi connectivity index (χ3v) is 4.30. The third-order valence-electron chi connectivity index (χ3n) is 3.60. The fourth-order valence-corrected chi connectivity index (χ4v) is 2.74. The molecular weight excluding hydrogens is 383 g/mol. The molecule has 4 nitrogen and oxygen atoms in total. The molecule has 1 saturated carbocycles. The smallest absolute Gasteiger partial charge is 0.191 e. The molecule has 120 valence electrons. The number of likely N-dealkylation sites (N-methyl/N-ethyl adjacent to an activating group) is 1. The van der Waals surface area contributed by atoms with Crippen molar-refractivity contribution in [3.8, 4) is 0 Å². The highest BCUT2D eigenvalue weighted by Crippen LogP contribution is 2.34. The number of halogens is 1. The van der Waals surface area contributed by atoms with Crippen LogP contribution in [0.4, 0.5) is 0 Å². The lowest BCUT2D eigenvalue weighted by Gasteiger charge is -2.25. The summed E-state index contributed by atoms with van der Waals surface area (Å²) < 4.78 is 0. The van der Waals surface area contributed by atoms with Crippen LogP contribution in [0.5, 0.6) is 0 Å². The van der Waals surface area contributed by atoms with Gasteiger partial charge in [0.15, 0.2) is 5.96 Å². The Kier molecular flexibility index (Phi) is 12.1. The standard InChI is InChI=1S/C14H30N4S.HI/c1-15-14(16-9-5-6-10-19-4)17-11-13(18(2)3)12-7-8-12;/h12-13H,5-11H2,1-4H3,(H2,15,16,17);1H. The topological polar surface area (TPSA) is 39.7 Å². The Hall–Kier alpha value is 0.310. The van der Waals surface area contributed by atoms with Gasteiger partial charge >= 0.3 is 0 Å². The van der Waals surface area contributed by atoms with E-state index < -0.39 is 0 Å². The first-order chi connectivity index (χ1) is 9.19. The minimum Gasteiger partial charge on any atom is -0.356 e. The maximum atomic E-state index is 4.29. The average molecular weight is 414 g/mol. The maximum absolute atomic E-state index is 4.29. The Morgan fingerprint density at radius 1 is 1.30 bits per heavy atom. The van der Waals surface area contributed by atoms with Crippen LogP contribution in [0.25, 0.3) is 0 Å². The van der Waals surface area contributed by atoms with Crippen molar-refractivity contribution in [1.29, 1.82) is 0 Å². The summed E-state index contributed by atoms with van der Waals surface area (Å²) in [6, 6.07) is 0.634. The van der Waals surface area contributed by atoms with Crippen molar-refractivity contribution in [2.75, 3.05) is 46.2 Å². The van der Waals surface area contributed by atoms with Gasteiger partial charge in [-0.2, -0.15) is 11.8 Å². The van der Waals surface area contributed by atoms with E-state index in [0.717, 1.165) is 25.0 Å². The molecule has 1 rings (SSSR count). The number of guanidine groups is 1. The van der Waals surface area contributed by atoms with E-state index in [1.807, 2.05) is 18.8 Å². The molecule has 0 aromatic rings. The van der Waals surface area contributed by atoms with E-state index in [1.54, 1.807) is 0 Å². The van der Waals surface area contributed by atoms with E-state index in [4.69, 9.17) is 0 Å². The van der Waals surface area contributed by atoms with Crippen LogP contribution in [-0.2, 0) is 0 Å². The Morgan fingerprint density at radius 2 is 2.00 bits per heavy atom. The third kappa shape index (κ3) is 8.56. The predicted molar refractivity (Wildman–Crippen MR) is 103 cm³/mol. The fraction of sp³-hybridized carbons (Fsp3) is 0.929. The zero-order chi connectivity index (χ0) is 14.1. The number of unbranched alkanes of at least 4 members (excludes halogenated alkanes) is 1. The summed E-state index contributed by atoms with van der Waals surface area (Å²) in [5.74, 6) is 3.07. The summed E-state index contributed by atoms with van der Waals surface area (Å²) in [4.78, 5) is 6.62. The van der Waals surface area contributed by atoms with E-state index >= 15 is 0 Å². The molecule has 1 atom stereocenters. The monoisotopic (exact) mass is 414 g/mol. The lowest BCUT2D eigenvalue weighted by Crippen LogP contribution is -2.46. The molecule has 0 amide bonds. The summed E-state index contributed by atoms with van der Waals surface area (Å²) in [6.07, 6.45) is 7.40. The largest absolute Gasteiger partial charge is 0.356 e. The van der Waals surface area contributed by atoms with Crippen LogP contribution in [0, 0.1) is 5.92 Å². The summed E-state index contributed by atoms with van der Waals surface area (Å²) in [5.41, 5.74) is 0. The molecule has 1 aliphatic rings. The molecule has 0 spiro atoms. The summed E-state index contributed by atoms with van der Waals surface area (Å²) in [7, 11) is 6.19. The normalized spacial score (nSPS) is 16.8. The second-order valence-electron chi connectivity index (χ2n) is 5.45. The molecule has 0 aliphatic heterocycles. The van der Waals surface area contributed by atoms with E-state index in [0.29, 0.717) is 6.04 Å². The van der Waals surface area contributed by atoms with E-state index in [2.05, 4.69) is 40.9 Å². The number of hydrogen-bond acceptors (Lipinski definition) is 3. The molecule has 0 aromatic carbocycles. The minimum atomic E-state index is 0. The highest BCUT2D eigenvalue weighted by molar-refractivity contribution is 14.0. The number of nitrogens with zero attached hydrogens (tertiary/aromatic N) is 2. The molecule has 0 radical (unpaired) electrons. The molecule has 0 saturated heterocycles. The van der Waals surface area contributed by atoms with Crippen molar-refractivity contribution in [2.24, 2.45) is 10.9 Å². The molecule has 2 N–H and O–H groups in total. The summed E-state index contributed by atoms with van der Waals surface area (Å²) >= 11 is 1.91. The quantitative estimate of drug-likeness (QED) is 0.263. The molecule has 1 aliphatic carbocycles. The molecule has 20 heavy (non-hydrogen) atoms. The van der Waals surface area contributed by atoms with Gasteiger partial charge in [-0.05, 0) is 57.7 Å². The predicted octanol–water partition coefficient (Wildman–Crippen LogP) is 2.25. The van der Waals surface area contributed by atoms with Crippen molar-refractivity contribution in [3.05, 3.63) is 0 Å². The second-order valence-corrected chi connectivity index (χ2v) is 6.43. The first kappa shape index (κ1) is 20.3. The molecule has 0 bridgehead atoms. The van der Waals surface area contributed by atoms with Gasteiger partial charge in [0.05, 0.1) is 0 Å². The van der Waals surface area contributed by atoms with Crippen LogP contribution in [0.3, 0.4) is 0 Å². The van der Waals surface area contributed by atoms with Crippen LogP contribution < -0.4 is 10.6 Å². The zero-order valence-electron chi connectivity index (χ0n) is 13.3. The van der Waals surface area contributed by atoms with Crippen molar-refractivity contribution >= 4 is 41.7 Å². The summed E-state index contributed by atoms with van der Waals surface area (Å²) in [6.45, 7) is 2.00. The Labute approximate surface area is 145 Å². The molecule has 0 aromatic heterocycles. The first-order valence-electron chi connectivity index (χ1n) is 7.29. The number of hydrogen-bond donors (Lipinski definition) is 2. The molecule has 1 fully saturated rings. The minimum absolute atomic E-state index is 0. The average Bonchev–Trinajstić information content (AvgIpc) is 3.20. The van der Waals surface area contributed by atoms with E-state index in [9.17, 15) is 0 Å². The Balaban J connectivity index is 0.00000361. The zero-order valence-corrected chi connectivity index (χ0v) is 16.5. The fourth-order valence-electron chi connectivity index (χ4n) is 2.25. The Morgan fingerprint density at radius 3 is 2.50 bits per heavy atom. The van der Waals surface area contributed by atoms with Crippen molar-refractivity contribution in [3.63, 3.8) is 0 Å². The maximum Gasteiger partial charge on any atom is 0.191 e. The van der Waals surface area contributed by atoms with Gasteiger partial charge in [0.1, 0.15) is 0 Å². The number of thioether (sulfide) groups is 1. The lowest BCUT2D eigenvalue weighted by molar-refractivity contribution is 0.264. The van der Waals surface area contributed by atoms with Gasteiger partial charge in [-0.1, -0.05) is 0 Å². The molecular formula is C14H31IN4S. The number of rotatable bonds is 9. The molecule has 1 unspecified atom stereocenters. The van der Waals surface area contributed by atoms with Crippen molar-refractivity contribution < 1.29 is 0 Å². The van der Waals surface area contributed by atoms with Crippen molar-refractivity contribution in [2.45, 2.75) is 31.7 Å². The Bertz CT molecular complexity index is 268. The highest BCUT2D eigenvalue weighted by Gasteiger charge is 2.32. The van der Waals surface area contributed by atoms with Crippen LogP contribution in [0.2, 0.25) is 0 Å². The molecule has 0 heterocycles. The van der Waals surface area contributed by atoms with Crippen LogP contribution >= 0.6 is 35.7 Å².